The van der Waals surface area contributed by atoms with Crippen molar-refractivity contribution in [3.63, 3.8) is 0 Å². The van der Waals surface area contributed by atoms with E-state index in [1.165, 1.54) is 12.4 Å². The Morgan fingerprint density at radius 1 is 1.33 bits per heavy atom. The van der Waals surface area contributed by atoms with E-state index in [4.69, 9.17) is 0 Å². The van der Waals surface area contributed by atoms with Gasteiger partial charge in [0.1, 0.15) is 0 Å². The van der Waals surface area contributed by atoms with Crippen LogP contribution >= 0.6 is 0 Å². The van der Waals surface area contributed by atoms with Crippen molar-refractivity contribution in [3.05, 3.63) is 18.0 Å². The Kier molecular flexibility index (Phi) is 6.11. The highest BCUT2D eigenvalue weighted by atomic mass is 32.2. The number of hydrogen-bond acceptors (Lipinski definition) is 7. The summed E-state index contributed by atoms with van der Waals surface area (Å²) >= 11 is 0. The van der Waals surface area contributed by atoms with Crippen LogP contribution in [0.25, 0.3) is 0 Å². The number of aromatic nitrogens is 2. The summed E-state index contributed by atoms with van der Waals surface area (Å²) in [5, 5.41) is 3.08. The topological polar surface area (TPSA) is 95.5 Å². The zero-order chi connectivity index (χ0) is 17.7. The first kappa shape index (κ1) is 18.6. The zero-order valence-electron chi connectivity index (χ0n) is 14.4. The molecule has 2 heterocycles. The molecule has 134 valence electrons. The normalized spacial score (nSPS) is 19.4. The molecular formula is C15H25N5O3S. The summed E-state index contributed by atoms with van der Waals surface area (Å²) in [7, 11) is 0.929. The highest BCUT2D eigenvalue weighted by molar-refractivity contribution is 7.91. The molecular weight excluding hydrogens is 330 g/mol. The quantitative estimate of drug-likeness (QED) is 0.741. The van der Waals surface area contributed by atoms with Crippen molar-refractivity contribution >= 4 is 21.7 Å². The minimum absolute atomic E-state index is 0.0393. The fourth-order valence-corrected chi connectivity index (χ4v) is 4.41. The Hall–Kier alpha value is -1.74. The largest absolute Gasteiger partial charge is 0.353 e. The van der Waals surface area contributed by atoms with Gasteiger partial charge in [-0.15, -0.1) is 0 Å². The van der Waals surface area contributed by atoms with Crippen molar-refractivity contribution in [1.82, 2.24) is 19.8 Å². The van der Waals surface area contributed by atoms with Gasteiger partial charge in [0, 0.05) is 38.1 Å². The van der Waals surface area contributed by atoms with Gasteiger partial charge in [-0.3, -0.25) is 4.79 Å². The van der Waals surface area contributed by atoms with Crippen molar-refractivity contribution in [1.29, 1.82) is 0 Å². The van der Waals surface area contributed by atoms with E-state index in [1.807, 2.05) is 25.9 Å². The Bertz CT molecular complexity index is 660. The first-order chi connectivity index (χ1) is 11.3. The second-order valence-corrected chi connectivity index (χ2v) is 8.40. The molecule has 1 aliphatic rings. The Balaban J connectivity index is 2.00. The van der Waals surface area contributed by atoms with Gasteiger partial charge in [0.15, 0.2) is 9.84 Å². The fraction of sp³-hybridized carbons (Fsp3) is 0.667. The number of anilines is 1. The Labute approximate surface area is 143 Å². The number of amides is 1. The molecule has 1 aliphatic heterocycles. The minimum atomic E-state index is -3.03. The van der Waals surface area contributed by atoms with Gasteiger partial charge in [0.25, 0.3) is 5.91 Å². The van der Waals surface area contributed by atoms with Crippen molar-refractivity contribution in [2.45, 2.75) is 19.4 Å². The molecule has 0 spiro atoms. The first-order valence-corrected chi connectivity index (χ1v) is 9.86. The summed E-state index contributed by atoms with van der Waals surface area (Å²) < 4.78 is 23.3. The van der Waals surface area contributed by atoms with E-state index in [-0.39, 0.29) is 23.5 Å². The Morgan fingerprint density at radius 2 is 2.00 bits per heavy atom. The van der Waals surface area contributed by atoms with Crippen molar-refractivity contribution in [2.24, 2.45) is 0 Å². The molecule has 24 heavy (non-hydrogen) atoms. The predicted octanol–water partition coefficient (Wildman–Crippen LogP) is 0.0993. The number of sulfone groups is 1. The average molecular weight is 355 g/mol. The smallest absolute Gasteiger partial charge is 0.257 e. The van der Waals surface area contributed by atoms with Gasteiger partial charge in [-0.2, -0.15) is 0 Å². The van der Waals surface area contributed by atoms with Crippen LogP contribution in [-0.2, 0) is 9.84 Å². The molecule has 9 heteroatoms. The van der Waals surface area contributed by atoms with E-state index in [0.29, 0.717) is 31.0 Å². The van der Waals surface area contributed by atoms with Crippen LogP contribution in [0.2, 0.25) is 0 Å². The first-order valence-electron chi connectivity index (χ1n) is 8.04. The molecule has 8 nitrogen and oxygen atoms in total. The second kappa shape index (κ2) is 7.89. The lowest BCUT2D eigenvalue weighted by Crippen LogP contribution is -2.41. The number of likely N-dealkylation sites (N-methyl/N-ethyl adjacent to an activating group) is 1. The van der Waals surface area contributed by atoms with Gasteiger partial charge >= 0.3 is 0 Å². The van der Waals surface area contributed by atoms with E-state index < -0.39 is 9.84 Å². The number of carbonyl (C=O) groups is 1. The van der Waals surface area contributed by atoms with Crippen LogP contribution in [0.15, 0.2) is 12.4 Å². The lowest BCUT2D eigenvalue weighted by molar-refractivity contribution is 0.0707. The summed E-state index contributed by atoms with van der Waals surface area (Å²) in [5.41, 5.74) is 0.374. The van der Waals surface area contributed by atoms with E-state index >= 15 is 0 Å². The van der Waals surface area contributed by atoms with Gasteiger partial charge < -0.3 is 15.1 Å². The standard InChI is InChI=1S/C15H25N5O3S/c1-4-20(13-5-8-24(22,23)11-13)14(21)12-9-17-15(18-10-12)16-6-7-19(2)3/h9-10,13H,4-8,11H2,1-3H3,(H,16,17,18). The second-order valence-electron chi connectivity index (χ2n) is 6.17. The molecule has 1 unspecified atom stereocenters. The van der Waals surface area contributed by atoms with Crippen LogP contribution in [-0.4, -0.2) is 85.4 Å². The molecule has 1 fully saturated rings. The van der Waals surface area contributed by atoms with Crippen LogP contribution in [0.3, 0.4) is 0 Å². The maximum atomic E-state index is 12.6. The molecule has 0 aliphatic carbocycles. The lowest BCUT2D eigenvalue weighted by Gasteiger charge is -2.26. The summed E-state index contributed by atoms with van der Waals surface area (Å²) in [5.74, 6) is 0.434. The van der Waals surface area contributed by atoms with Crippen LogP contribution in [0.4, 0.5) is 5.95 Å². The minimum Gasteiger partial charge on any atom is -0.353 e. The average Bonchev–Trinajstić information content (AvgIpc) is 2.88. The van der Waals surface area contributed by atoms with Crippen LogP contribution in [0.5, 0.6) is 0 Å². The highest BCUT2D eigenvalue weighted by Crippen LogP contribution is 2.19. The predicted molar refractivity (Wildman–Crippen MR) is 92.8 cm³/mol. The summed E-state index contributed by atoms with van der Waals surface area (Å²) in [4.78, 5) is 24.6. The number of nitrogens with one attached hydrogen (secondary N) is 1. The third kappa shape index (κ3) is 4.88. The third-order valence-electron chi connectivity index (χ3n) is 3.99. The molecule has 1 saturated heterocycles. The molecule has 1 aromatic rings. The van der Waals surface area contributed by atoms with E-state index in [2.05, 4.69) is 15.3 Å². The van der Waals surface area contributed by atoms with Crippen LogP contribution in [0.1, 0.15) is 23.7 Å². The number of hydrogen-bond donors (Lipinski definition) is 1. The van der Waals surface area contributed by atoms with Gasteiger partial charge in [-0.05, 0) is 27.4 Å². The highest BCUT2D eigenvalue weighted by Gasteiger charge is 2.34. The maximum absolute atomic E-state index is 12.6. The zero-order valence-corrected chi connectivity index (χ0v) is 15.2. The third-order valence-corrected chi connectivity index (χ3v) is 5.74. The summed E-state index contributed by atoms with van der Waals surface area (Å²) in [6.45, 7) is 3.87. The van der Waals surface area contributed by atoms with Crippen molar-refractivity contribution in [2.75, 3.05) is 50.6 Å². The molecule has 1 N–H and O–H groups in total. The summed E-state index contributed by atoms with van der Waals surface area (Å²) in [6.07, 6.45) is 3.46. The number of carbonyl (C=O) groups excluding carboxylic acids is 1. The number of nitrogens with zero attached hydrogens (tertiary/aromatic N) is 4. The van der Waals surface area contributed by atoms with E-state index in [0.717, 1.165) is 6.54 Å². The molecule has 0 saturated carbocycles. The molecule has 0 aromatic carbocycles. The van der Waals surface area contributed by atoms with E-state index in [9.17, 15) is 13.2 Å². The van der Waals surface area contributed by atoms with Gasteiger partial charge in [-0.25, -0.2) is 18.4 Å². The Morgan fingerprint density at radius 3 is 2.50 bits per heavy atom. The molecule has 0 radical (unpaired) electrons. The number of rotatable bonds is 7. The maximum Gasteiger partial charge on any atom is 0.257 e. The van der Waals surface area contributed by atoms with Crippen LogP contribution in [0, 0.1) is 0 Å². The van der Waals surface area contributed by atoms with Crippen LogP contribution < -0.4 is 5.32 Å². The lowest BCUT2D eigenvalue weighted by atomic mass is 10.2. The molecule has 1 atom stereocenters. The summed E-state index contributed by atoms with van der Waals surface area (Å²) in [6, 6.07) is -0.259. The SMILES string of the molecule is CCN(C(=O)c1cnc(NCCN(C)C)nc1)C1CCS(=O)(=O)C1. The van der Waals surface area contributed by atoms with Gasteiger partial charge in [-0.1, -0.05) is 0 Å². The van der Waals surface area contributed by atoms with Gasteiger partial charge in [0.05, 0.1) is 17.1 Å². The molecule has 2 rings (SSSR count). The monoisotopic (exact) mass is 355 g/mol. The molecule has 1 aromatic heterocycles. The van der Waals surface area contributed by atoms with Gasteiger partial charge in [0.2, 0.25) is 5.95 Å². The van der Waals surface area contributed by atoms with Crippen molar-refractivity contribution < 1.29 is 13.2 Å². The molecule has 1 amide bonds. The van der Waals surface area contributed by atoms with Crippen molar-refractivity contribution in [3.8, 4) is 0 Å². The van der Waals surface area contributed by atoms with E-state index in [1.54, 1.807) is 4.90 Å². The fourth-order valence-electron chi connectivity index (χ4n) is 2.68. The molecule has 0 bridgehead atoms.